The zero-order chi connectivity index (χ0) is 25.6. The van der Waals surface area contributed by atoms with Crippen LogP contribution in [-0.4, -0.2) is 18.4 Å². The van der Waals surface area contributed by atoms with Gasteiger partial charge in [0.1, 0.15) is 5.78 Å². The number of carbonyl (C=O) groups excluding carboxylic acids is 2. The van der Waals surface area contributed by atoms with Crippen molar-refractivity contribution in [1.29, 1.82) is 0 Å². The molecule has 0 spiro atoms. The van der Waals surface area contributed by atoms with Crippen molar-refractivity contribution in [3.63, 3.8) is 0 Å². The van der Waals surface area contributed by atoms with Crippen molar-refractivity contribution in [3.05, 3.63) is 12.2 Å². The molecule has 5 fully saturated rings. The van der Waals surface area contributed by atoms with Crippen LogP contribution >= 0.6 is 0 Å². The lowest BCUT2D eigenvalue weighted by molar-refractivity contribution is -0.237. The molecule has 0 aromatic carbocycles. The van der Waals surface area contributed by atoms with Gasteiger partial charge in [0.2, 0.25) is 0 Å². The predicted molar refractivity (Wildman–Crippen MR) is 141 cm³/mol. The lowest BCUT2D eigenvalue weighted by atomic mass is 9.32. The first-order valence-corrected chi connectivity index (χ1v) is 14.5. The molecule has 5 saturated carbocycles. The summed E-state index contributed by atoms with van der Waals surface area (Å²) in [6, 6.07) is 0. The first kappa shape index (κ1) is 25.5. The molecule has 3 nitrogen and oxygen atoms in total. The van der Waals surface area contributed by atoms with Gasteiger partial charge in [-0.1, -0.05) is 46.8 Å². The second-order valence-electron chi connectivity index (χ2n) is 15.0. The highest BCUT2D eigenvalue weighted by Gasteiger charge is 2.71. The van der Waals surface area contributed by atoms with Crippen molar-refractivity contribution in [2.75, 3.05) is 6.61 Å². The molecule has 0 aromatic heterocycles. The molecule has 0 amide bonds. The van der Waals surface area contributed by atoms with Gasteiger partial charge >= 0.3 is 5.97 Å². The van der Waals surface area contributed by atoms with Crippen LogP contribution in [0.2, 0.25) is 0 Å². The van der Waals surface area contributed by atoms with E-state index in [9.17, 15) is 9.59 Å². The Morgan fingerprint density at radius 2 is 1.60 bits per heavy atom. The van der Waals surface area contributed by atoms with E-state index in [2.05, 4.69) is 48.1 Å². The van der Waals surface area contributed by atoms with Gasteiger partial charge in [-0.3, -0.25) is 9.59 Å². The minimum Gasteiger partial charge on any atom is -0.465 e. The molecule has 5 aliphatic rings. The molecule has 0 radical (unpaired) electrons. The summed E-state index contributed by atoms with van der Waals surface area (Å²) < 4.78 is 5.78. The zero-order valence-corrected chi connectivity index (χ0v) is 23.6. The fourth-order valence-electron chi connectivity index (χ4n) is 11.6. The topological polar surface area (TPSA) is 43.4 Å². The summed E-state index contributed by atoms with van der Waals surface area (Å²) in [4.78, 5) is 24.8. The third-order valence-electron chi connectivity index (χ3n) is 13.5. The maximum Gasteiger partial charge on any atom is 0.302 e. The normalized spacial score (nSPS) is 50.4. The van der Waals surface area contributed by atoms with Gasteiger partial charge in [0, 0.05) is 24.2 Å². The Morgan fingerprint density at radius 3 is 2.26 bits per heavy atom. The van der Waals surface area contributed by atoms with Crippen molar-refractivity contribution >= 4 is 11.8 Å². The van der Waals surface area contributed by atoms with Crippen LogP contribution in [0.5, 0.6) is 0 Å². The number of fused-ring (bicyclic) bond motifs is 7. The summed E-state index contributed by atoms with van der Waals surface area (Å²) in [7, 11) is 0. The Kier molecular flexibility index (Phi) is 5.79. The maximum atomic E-state index is 13.0. The fraction of sp³-hybridized carbons (Fsp3) is 0.875. The molecule has 196 valence electrons. The number of esters is 1. The Bertz CT molecular complexity index is 933. The van der Waals surface area contributed by atoms with Crippen LogP contribution in [0.1, 0.15) is 113 Å². The minimum absolute atomic E-state index is 0.128. The first-order valence-electron chi connectivity index (χ1n) is 14.5. The smallest absolute Gasteiger partial charge is 0.302 e. The Balaban J connectivity index is 1.53. The Morgan fingerprint density at radius 1 is 0.886 bits per heavy atom. The highest BCUT2D eigenvalue weighted by Crippen LogP contribution is 2.77. The largest absolute Gasteiger partial charge is 0.465 e. The van der Waals surface area contributed by atoms with Crippen LogP contribution in [0, 0.1) is 56.7 Å². The summed E-state index contributed by atoms with van der Waals surface area (Å²) in [6.45, 7) is 21.2. The molecule has 0 saturated heterocycles. The molecule has 9 atom stereocenters. The van der Waals surface area contributed by atoms with Crippen molar-refractivity contribution in [2.24, 2.45) is 56.7 Å². The molecule has 35 heavy (non-hydrogen) atoms. The van der Waals surface area contributed by atoms with Gasteiger partial charge in [0.15, 0.2) is 0 Å². The molecule has 5 unspecified atom stereocenters. The van der Waals surface area contributed by atoms with Gasteiger partial charge in [0.25, 0.3) is 0 Å². The highest BCUT2D eigenvalue weighted by molar-refractivity contribution is 5.85. The van der Waals surface area contributed by atoms with E-state index < -0.39 is 0 Å². The number of hydrogen-bond donors (Lipinski definition) is 0. The van der Waals surface area contributed by atoms with Crippen LogP contribution in [0.15, 0.2) is 12.2 Å². The molecule has 5 rings (SSSR count). The quantitative estimate of drug-likeness (QED) is 0.305. The van der Waals surface area contributed by atoms with Gasteiger partial charge < -0.3 is 4.74 Å². The van der Waals surface area contributed by atoms with Gasteiger partial charge in [-0.25, -0.2) is 0 Å². The van der Waals surface area contributed by atoms with E-state index in [1.807, 2.05) is 0 Å². The summed E-state index contributed by atoms with van der Waals surface area (Å²) in [6.07, 6.45) is 11.6. The summed E-state index contributed by atoms with van der Waals surface area (Å²) >= 11 is 0. The van der Waals surface area contributed by atoms with Gasteiger partial charge in [-0.2, -0.15) is 0 Å². The molecule has 5 aliphatic carbocycles. The standard InChI is InChI=1S/C32H50O3/c1-20(2)22-11-16-32(19-35-21(3)33)18-17-30(7)23(27(22)32)9-10-25-29(6)14-13-26(34)28(4,5)24(29)12-15-31(25,30)8/h22-25,27H,1,9-19H2,2-8H3/t22?,23?,24?,25?,27?,29-,30-,31+,32+/m1/s1. The molecule has 0 heterocycles. The summed E-state index contributed by atoms with van der Waals surface area (Å²) in [5.41, 5.74) is 2.12. The lowest BCUT2D eigenvalue weighted by Gasteiger charge is -2.72. The van der Waals surface area contributed by atoms with E-state index in [4.69, 9.17) is 4.74 Å². The van der Waals surface area contributed by atoms with Crippen LogP contribution in [-0.2, 0) is 14.3 Å². The van der Waals surface area contributed by atoms with E-state index in [1.165, 1.54) is 56.9 Å². The molecule has 0 N–H and O–H groups in total. The molecular formula is C32H50O3. The van der Waals surface area contributed by atoms with Crippen molar-refractivity contribution in [1.82, 2.24) is 0 Å². The number of rotatable bonds is 3. The Hall–Kier alpha value is -1.12. The average molecular weight is 483 g/mol. The summed E-state index contributed by atoms with van der Waals surface area (Å²) in [5.74, 6) is 3.34. The SMILES string of the molecule is C=C(C)C1CC[C@@]2(COC(C)=O)CC[C@]3(C)C(CCC4[C@]5(C)CCC(=O)C(C)(C)C5CC[C@@]43C)C12. The Labute approximate surface area is 214 Å². The number of Topliss-reactive ketones (excluding diaryl/α,β-unsaturated/α-hetero) is 1. The van der Waals surface area contributed by atoms with Gasteiger partial charge in [-0.15, -0.1) is 0 Å². The molecule has 3 heteroatoms. The van der Waals surface area contributed by atoms with Crippen molar-refractivity contribution < 1.29 is 14.3 Å². The van der Waals surface area contributed by atoms with Crippen LogP contribution in [0.25, 0.3) is 0 Å². The second-order valence-corrected chi connectivity index (χ2v) is 15.0. The highest BCUT2D eigenvalue weighted by atomic mass is 16.5. The first-order chi connectivity index (χ1) is 16.2. The van der Waals surface area contributed by atoms with E-state index in [1.54, 1.807) is 6.92 Å². The molecule has 0 aromatic rings. The lowest BCUT2D eigenvalue weighted by Crippen LogP contribution is -2.66. The van der Waals surface area contributed by atoms with E-state index in [0.717, 1.165) is 12.8 Å². The number of ether oxygens (including phenoxy) is 1. The predicted octanol–water partition coefficient (Wildman–Crippen LogP) is 7.78. The van der Waals surface area contributed by atoms with Crippen LogP contribution in [0.4, 0.5) is 0 Å². The van der Waals surface area contributed by atoms with E-state index >= 15 is 0 Å². The van der Waals surface area contributed by atoms with Crippen LogP contribution < -0.4 is 0 Å². The number of hydrogen-bond acceptors (Lipinski definition) is 3. The van der Waals surface area contributed by atoms with Crippen molar-refractivity contribution in [3.8, 4) is 0 Å². The monoisotopic (exact) mass is 482 g/mol. The minimum atomic E-state index is -0.186. The van der Waals surface area contributed by atoms with Gasteiger partial charge in [-0.05, 0) is 111 Å². The second kappa shape index (κ2) is 7.94. The number of allylic oxidation sites excluding steroid dienone is 1. The summed E-state index contributed by atoms with van der Waals surface area (Å²) in [5, 5.41) is 0. The van der Waals surface area contributed by atoms with E-state index in [0.29, 0.717) is 47.4 Å². The maximum absolute atomic E-state index is 13.0. The van der Waals surface area contributed by atoms with Gasteiger partial charge in [0.05, 0.1) is 6.61 Å². The number of ketones is 1. The molecular weight excluding hydrogens is 432 g/mol. The van der Waals surface area contributed by atoms with Crippen molar-refractivity contribution in [2.45, 2.75) is 113 Å². The zero-order valence-electron chi connectivity index (χ0n) is 23.6. The third kappa shape index (κ3) is 3.27. The molecule has 0 bridgehead atoms. The third-order valence-corrected chi connectivity index (χ3v) is 13.5. The average Bonchev–Trinajstić information content (AvgIpc) is 3.16. The molecule has 0 aliphatic heterocycles. The fourth-order valence-corrected chi connectivity index (χ4v) is 11.6. The number of carbonyl (C=O) groups is 2. The van der Waals surface area contributed by atoms with Crippen LogP contribution in [0.3, 0.4) is 0 Å². The van der Waals surface area contributed by atoms with E-state index in [-0.39, 0.29) is 27.6 Å².